The van der Waals surface area contributed by atoms with Crippen molar-refractivity contribution < 1.29 is 0 Å². The Balaban J connectivity index is 2.75. The molecule has 1 aromatic rings. The summed E-state index contributed by atoms with van der Waals surface area (Å²) in [5, 5.41) is 0. The van der Waals surface area contributed by atoms with Crippen molar-refractivity contribution in [3.05, 3.63) is 35.4 Å². The van der Waals surface area contributed by atoms with E-state index >= 15 is 0 Å². The summed E-state index contributed by atoms with van der Waals surface area (Å²) in [4.78, 5) is 2.41. The lowest BCUT2D eigenvalue weighted by molar-refractivity contribution is 0.108. The number of hydrogen-bond acceptors (Lipinski definition) is 2. The molecule has 0 heterocycles. The van der Waals surface area contributed by atoms with Crippen molar-refractivity contribution in [2.24, 2.45) is 5.73 Å². The lowest BCUT2D eigenvalue weighted by Crippen LogP contribution is -2.50. The summed E-state index contributed by atoms with van der Waals surface area (Å²) in [7, 11) is 2.19. The van der Waals surface area contributed by atoms with Gasteiger partial charge in [-0.25, -0.2) is 0 Å². The minimum Gasteiger partial charge on any atom is -0.329 e. The Labute approximate surface area is 112 Å². The summed E-state index contributed by atoms with van der Waals surface area (Å²) in [6, 6.07) is 8.93. The van der Waals surface area contributed by atoms with Crippen molar-refractivity contribution in [3.63, 3.8) is 0 Å². The van der Waals surface area contributed by atoms with Crippen LogP contribution in [0, 0.1) is 0 Å². The largest absolute Gasteiger partial charge is 0.329 e. The fourth-order valence-corrected chi connectivity index (χ4v) is 2.56. The zero-order chi connectivity index (χ0) is 13.6. The second kappa shape index (κ2) is 6.91. The topological polar surface area (TPSA) is 29.3 Å². The molecule has 1 aromatic carbocycles. The molecule has 0 bridgehead atoms. The van der Waals surface area contributed by atoms with Crippen molar-refractivity contribution in [3.8, 4) is 0 Å². The number of aryl methyl sites for hydroxylation is 1. The van der Waals surface area contributed by atoms with Gasteiger partial charge in [0.25, 0.3) is 0 Å². The zero-order valence-electron chi connectivity index (χ0n) is 12.4. The molecule has 0 aliphatic carbocycles. The van der Waals surface area contributed by atoms with Crippen LogP contribution in [-0.2, 0) is 13.0 Å². The molecule has 0 aliphatic heterocycles. The van der Waals surface area contributed by atoms with Crippen molar-refractivity contribution in [1.82, 2.24) is 4.90 Å². The molecule has 0 radical (unpaired) electrons. The van der Waals surface area contributed by atoms with Gasteiger partial charge in [-0.3, -0.25) is 4.90 Å². The van der Waals surface area contributed by atoms with E-state index in [4.69, 9.17) is 5.73 Å². The average molecular weight is 248 g/mol. The lowest BCUT2D eigenvalue weighted by atomic mass is 9.90. The fourth-order valence-electron chi connectivity index (χ4n) is 2.56. The van der Waals surface area contributed by atoms with Gasteiger partial charge in [0.05, 0.1) is 0 Å². The minimum atomic E-state index is 0.142. The van der Waals surface area contributed by atoms with E-state index in [2.05, 4.69) is 57.0 Å². The molecule has 0 unspecified atom stereocenters. The summed E-state index contributed by atoms with van der Waals surface area (Å²) in [6.07, 6.45) is 3.31. The third-order valence-electron chi connectivity index (χ3n) is 4.36. The molecule has 102 valence electrons. The van der Waals surface area contributed by atoms with Crippen molar-refractivity contribution in [2.75, 3.05) is 13.6 Å². The highest BCUT2D eigenvalue weighted by Crippen LogP contribution is 2.23. The maximum Gasteiger partial charge on any atom is 0.0327 e. The first-order chi connectivity index (χ1) is 8.61. The van der Waals surface area contributed by atoms with Crippen LogP contribution >= 0.6 is 0 Å². The maximum absolute atomic E-state index is 5.99. The predicted octanol–water partition coefficient (Wildman–Crippen LogP) is 3.20. The van der Waals surface area contributed by atoms with Gasteiger partial charge in [0, 0.05) is 18.6 Å². The minimum absolute atomic E-state index is 0.142. The van der Waals surface area contributed by atoms with Gasteiger partial charge >= 0.3 is 0 Å². The van der Waals surface area contributed by atoms with E-state index in [9.17, 15) is 0 Å². The third-order valence-corrected chi connectivity index (χ3v) is 4.36. The van der Waals surface area contributed by atoms with E-state index in [0.717, 1.165) is 32.4 Å². The second-order valence-electron chi connectivity index (χ2n) is 5.16. The summed E-state index contributed by atoms with van der Waals surface area (Å²) in [6.45, 7) is 8.35. The fraction of sp³-hybridized carbons (Fsp3) is 0.625. The predicted molar refractivity (Wildman–Crippen MR) is 79.7 cm³/mol. The molecule has 2 N–H and O–H groups in total. The SMILES string of the molecule is CCc1ccc(CN(C)C(CC)(CC)CN)cc1. The molecule has 0 fully saturated rings. The van der Waals surface area contributed by atoms with Crippen LogP contribution in [0.5, 0.6) is 0 Å². The molecule has 0 aliphatic rings. The highest BCUT2D eigenvalue weighted by molar-refractivity contribution is 5.22. The van der Waals surface area contributed by atoms with Crippen LogP contribution in [0.4, 0.5) is 0 Å². The van der Waals surface area contributed by atoms with Crippen LogP contribution in [0.3, 0.4) is 0 Å². The molecule has 0 spiro atoms. The Hall–Kier alpha value is -0.860. The highest BCUT2D eigenvalue weighted by atomic mass is 15.2. The van der Waals surface area contributed by atoms with Crippen molar-refractivity contribution in [1.29, 1.82) is 0 Å². The van der Waals surface area contributed by atoms with Gasteiger partial charge < -0.3 is 5.73 Å². The van der Waals surface area contributed by atoms with Gasteiger partial charge in [0.2, 0.25) is 0 Å². The first-order valence-electron chi connectivity index (χ1n) is 7.11. The van der Waals surface area contributed by atoms with Gasteiger partial charge in [-0.1, -0.05) is 45.0 Å². The van der Waals surface area contributed by atoms with E-state index in [-0.39, 0.29) is 5.54 Å². The Morgan fingerprint density at radius 3 is 1.89 bits per heavy atom. The van der Waals surface area contributed by atoms with E-state index in [1.54, 1.807) is 0 Å². The quantitative estimate of drug-likeness (QED) is 0.803. The molecule has 1 rings (SSSR count). The summed E-state index contributed by atoms with van der Waals surface area (Å²) in [5.41, 5.74) is 8.90. The van der Waals surface area contributed by atoms with Crippen LogP contribution in [-0.4, -0.2) is 24.0 Å². The average Bonchev–Trinajstić information content (AvgIpc) is 2.42. The molecular weight excluding hydrogens is 220 g/mol. The normalized spacial score (nSPS) is 12.1. The van der Waals surface area contributed by atoms with Gasteiger partial charge in [-0.05, 0) is 37.4 Å². The molecule has 0 saturated heterocycles. The van der Waals surface area contributed by atoms with Gasteiger partial charge in [0.1, 0.15) is 0 Å². The van der Waals surface area contributed by atoms with Gasteiger partial charge in [0.15, 0.2) is 0 Å². The standard InChI is InChI=1S/C16H28N2/c1-5-14-8-10-15(11-9-14)12-18(4)16(6-2,7-3)13-17/h8-11H,5-7,12-13,17H2,1-4H3. The monoisotopic (exact) mass is 248 g/mol. The number of rotatable bonds is 7. The molecule has 2 heteroatoms. The van der Waals surface area contributed by atoms with Crippen molar-refractivity contribution >= 4 is 0 Å². The maximum atomic E-state index is 5.99. The summed E-state index contributed by atoms with van der Waals surface area (Å²) in [5.74, 6) is 0. The van der Waals surface area contributed by atoms with E-state index in [1.165, 1.54) is 11.1 Å². The van der Waals surface area contributed by atoms with Crippen LogP contribution < -0.4 is 5.73 Å². The lowest BCUT2D eigenvalue weighted by Gasteiger charge is -2.40. The number of nitrogens with zero attached hydrogens (tertiary/aromatic N) is 1. The molecule has 0 saturated carbocycles. The van der Waals surface area contributed by atoms with E-state index in [1.807, 2.05) is 0 Å². The number of benzene rings is 1. The van der Waals surface area contributed by atoms with Gasteiger partial charge in [-0.15, -0.1) is 0 Å². The molecule has 0 amide bonds. The second-order valence-corrected chi connectivity index (χ2v) is 5.16. The van der Waals surface area contributed by atoms with E-state index in [0.29, 0.717) is 0 Å². The first kappa shape index (κ1) is 15.2. The van der Waals surface area contributed by atoms with Crippen LogP contribution in [0.15, 0.2) is 24.3 Å². The van der Waals surface area contributed by atoms with E-state index < -0.39 is 0 Å². The third kappa shape index (κ3) is 3.33. The molecule has 2 nitrogen and oxygen atoms in total. The number of nitrogens with two attached hydrogens (primary N) is 1. The van der Waals surface area contributed by atoms with Crippen LogP contribution in [0.25, 0.3) is 0 Å². The van der Waals surface area contributed by atoms with Crippen molar-refractivity contribution in [2.45, 2.75) is 52.1 Å². The van der Waals surface area contributed by atoms with Crippen LogP contribution in [0.1, 0.15) is 44.7 Å². The summed E-state index contributed by atoms with van der Waals surface area (Å²) >= 11 is 0. The Bertz CT molecular complexity index is 330. The Morgan fingerprint density at radius 2 is 1.50 bits per heavy atom. The van der Waals surface area contributed by atoms with Gasteiger partial charge in [-0.2, -0.15) is 0 Å². The number of likely N-dealkylation sites (N-methyl/N-ethyl adjacent to an activating group) is 1. The Morgan fingerprint density at radius 1 is 1.00 bits per heavy atom. The molecule has 0 atom stereocenters. The molecule has 0 aromatic heterocycles. The zero-order valence-corrected chi connectivity index (χ0v) is 12.4. The molecule has 18 heavy (non-hydrogen) atoms. The number of hydrogen-bond donors (Lipinski definition) is 1. The Kier molecular flexibility index (Phi) is 5.83. The van der Waals surface area contributed by atoms with Crippen LogP contribution in [0.2, 0.25) is 0 Å². The highest BCUT2D eigenvalue weighted by Gasteiger charge is 2.29. The summed E-state index contributed by atoms with van der Waals surface area (Å²) < 4.78 is 0. The smallest absolute Gasteiger partial charge is 0.0327 e. The first-order valence-corrected chi connectivity index (χ1v) is 7.11. The molecular formula is C16H28N2.